The van der Waals surface area contributed by atoms with Crippen LogP contribution in [0.15, 0.2) is 24.5 Å². The third kappa shape index (κ3) is 5.11. The first kappa shape index (κ1) is 17.0. The fourth-order valence-electron chi connectivity index (χ4n) is 3.36. The Morgan fingerprint density at radius 3 is 2.73 bits per heavy atom. The van der Waals surface area contributed by atoms with Crippen molar-refractivity contribution in [3.8, 4) is 0 Å². The van der Waals surface area contributed by atoms with Crippen molar-refractivity contribution >= 4 is 5.91 Å². The molecule has 0 radical (unpaired) electrons. The largest absolute Gasteiger partial charge is 0.336 e. The van der Waals surface area contributed by atoms with Crippen LogP contribution in [-0.2, 0) is 4.79 Å². The smallest absolute Gasteiger partial charge is 0.223 e. The average Bonchev–Trinajstić information content (AvgIpc) is 3.04. The molecule has 0 spiro atoms. The summed E-state index contributed by atoms with van der Waals surface area (Å²) in [5.41, 5.74) is 1.19. The first-order chi connectivity index (χ1) is 10.8. The Hall–Kier alpha value is -1.38. The molecule has 2 heterocycles. The second-order valence-electron chi connectivity index (χ2n) is 6.40. The monoisotopic (exact) mass is 302 g/mol. The molecule has 0 saturated carbocycles. The maximum atomic E-state index is 12.5. The highest BCUT2D eigenvalue weighted by atomic mass is 16.2. The quantitative estimate of drug-likeness (QED) is 0.609. The van der Waals surface area contributed by atoms with Gasteiger partial charge in [-0.15, -0.1) is 0 Å². The Bertz CT molecular complexity index is 432. The zero-order chi connectivity index (χ0) is 15.6. The first-order valence-corrected chi connectivity index (χ1v) is 9.02. The summed E-state index contributed by atoms with van der Waals surface area (Å²) in [7, 11) is 0. The van der Waals surface area contributed by atoms with Crippen LogP contribution in [0, 0.1) is 0 Å². The predicted octanol–water partition coefficient (Wildman–Crippen LogP) is 4.89. The molecule has 122 valence electrons. The van der Waals surface area contributed by atoms with Crippen molar-refractivity contribution in [2.45, 2.75) is 77.2 Å². The van der Waals surface area contributed by atoms with Gasteiger partial charge in [0.05, 0.1) is 6.04 Å². The fraction of sp³-hybridized carbons (Fsp3) is 0.684. The Balaban J connectivity index is 1.70. The SMILES string of the molecule is CCCCCCCCCC(=O)N1CCC[C@H]1c1cccnc1. The van der Waals surface area contributed by atoms with Crippen molar-refractivity contribution in [1.82, 2.24) is 9.88 Å². The van der Waals surface area contributed by atoms with E-state index in [9.17, 15) is 4.79 Å². The molecule has 1 aliphatic heterocycles. The van der Waals surface area contributed by atoms with Gasteiger partial charge in [-0.05, 0) is 30.9 Å². The Morgan fingerprint density at radius 1 is 1.23 bits per heavy atom. The van der Waals surface area contributed by atoms with Gasteiger partial charge < -0.3 is 4.90 Å². The van der Waals surface area contributed by atoms with Crippen molar-refractivity contribution < 1.29 is 4.79 Å². The third-order valence-corrected chi connectivity index (χ3v) is 4.64. The lowest BCUT2D eigenvalue weighted by Gasteiger charge is -2.25. The number of aromatic nitrogens is 1. The second-order valence-corrected chi connectivity index (χ2v) is 6.40. The molecule has 0 aliphatic carbocycles. The minimum Gasteiger partial charge on any atom is -0.336 e. The van der Waals surface area contributed by atoms with E-state index in [1.807, 2.05) is 12.3 Å². The van der Waals surface area contributed by atoms with Crippen LogP contribution < -0.4 is 0 Å². The van der Waals surface area contributed by atoms with Crippen LogP contribution in [0.25, 0.3) is 0 Å². The molecule has 3 nitrogen and oxygen atoms in total. The van der Waals surface area contributed by atoms with E-state index in [1.54, 1.807) is 6.20 Å². The van der Waals surface area contributed by atoms with E-state index in [0.29, 0.717) is 12.3 Å². The molecule has 2 rings (SSSR count). The van der Waals surface area contributed by atoms with Crippen LogP contribution in [0.5, 0.6) is 0 Å². The molecule has 0 N–H and O–H groups in total. The van der Waals surface area contributed by atoms with Crippen LogP contribution in [0.3, 0.4) is 0 Å². The van der Waals surface area contributed by atoms with E-state index in [1.165, 1.54) is 44.1 Å². The molecule has 1 amide bonds. The van der Waals surface area contributed by atoms with Gasteiger partial charge in [0.15, 0.2) is 0 Å². The number of unbranched alkanes of at least 4 members (excludes halogenated alkanes) is 6. The third-order valence-electron chi connectivity index (χ3n) is 4.64. The molecular formula is C19H30N2O. The molecule has 1 saturated heterocycles. The van der Waals surface area contributed by atoms with Crippen molar-refractivity contribution in [3.05, 3.63) is 30.1 Å². The summed E-state index contributed by atoms with van der Waals surface area (Å²) >= 11 is 0. The lowest BCUT2D eigenvalue weighted by molar-refractivity contribution is -0.132. The number of pyridine rings is 1. The van der Waals surface area contributed by atoms with Gasteiger partial charge in [0.25, 0.3) is 0 Å². The number of carbonyl (C=O) groups is 1. The summed E-state index contributed by atoms with van der Waals surface area (Å²) < 4.78 is 0. The van der Waals surface area contributed by atoms with Gasteiger partial charge in [-0.25, -0.2) is 0 Å². The summed E-state index contributed by atoms with van der Waals surface area (Å²) in [6, 6.07) is 4.31. The van der Waals surface area contributed by atoms with Gasteiger partial charge in [-0.1, -0.05) is 51.5 Å². The molecule has 0 unspecified atom stereocenters. The van der Waals surface area contributed by atoms with E-state index in [0.717, 1.165) is 25.8 Å². The molecule has 0 aromatic carbocycles. The Kier molecular flexibility index (Phi) is 7.41. The van der Waals surface area contributed by atoms with Gasteiger partial charge in [-0.3, -0.25) is 9.78 Å². The number of likely N-dealkylation sites (tertiary alicyclic amines) is 1. The fourth-order valence-corrected chi connectivity index (χ4v) is 3.36. The standard InChI is InChI=1S/C19H30N2O/c1-2-3-4-5-6-7-8-13-19(22)21-15-10-12-18(21)17-11-9-14-20-16-17/h9,11,14,16,18H,2-8,10,12-13,15H2,1H3/t18-/m0/s1. The van der Waals surface area contributed by atoms with Gasteiger partial charge in [0.1, 0.15) is 0 Å². The zero-order valence-electron chi connectivity index (χ0n) is 14.0. The van der Waals surface area contributed by atoms with E-state index < -0.39 is 0 Å². The van der Waals surface area contributed by atoms with Gasteiger partial charge in [0.2, 0.25) is 5.91 Å². The maximum absolute atomic E-state index is 12.5. The highest BCUT2D eigenvalue weighted by molar-refractivity contribution is 5.77. The first-order valence-electron chi connectivity index (χ1n) is 9.02. The molecule has 1 aromatic heterocycles. The second kappa shape index (κ2) is 9.60. The Labute approximate surface area is 135 Å². The minimum absolute atomic E-state index is 0.255. The number of hydrogen-bond acceptors (Lipinski definition) is 2. The van der Waals surface area contributed by atoms with E-state index >= 15 is 0 Å². The lowest BCUT2D eigenvalue weighted by Crippen LogP contribution is -2.30. The predicted molar refractivity (Wildman–Crippen MR) is 90.5 cm³/mol. The lowest BCUT2D eigenvalue weighted by atomic mass is 10.1. The molecular weight excluding hydrogens is 272 g/mol. The van der Waals surface area contributed by atoms with Gasteiger partial charge in [0, 0.05) is 25.4 Å². The van der Waals surface area contributed by atoms with Gasteiger partial charge in [-0.2, -0.15) is 0 Å². The molecule has 1 atom stereocenters. The minimum atomic E-state index is 0.255. The molecule has 22 heavy (non-hydrogen) atoms. The van der Waals surface area contributed by atoms with E-state index in [4.69, 9.17) is 0 Å². The van der Waals surface area contributed by atoms with Gasteiger partial charge >= 0.3 is 0 Å². The summed E-state index contributed by atoms with van der Waals surface area (Å²) in [5.74, 6) is 0.333. The number of amides is 1. The number of hydrogen-bond donors (Lipinski definition) is 0. The highest BCUT2D eigenvalue weighted by Crippen LogP contribution is 2.32. The number of rotatable bonds is 9. The van der Waals surface area contributed by atoms with Crippen LogP contribution in [0.4, 0.5) is 0 Å². The maximum Gasteiger partial charge on any atom is 0.223 e. The summed E-state index contributed by atoms with van der Waals surface area (Å²) in [6.07, 6.45) is 15.4. The Morgan fingerprint density at radius 2 is 2.00 bits per heavy atom. The topological polar surface area (TPSA) is 33.2 Å². The molecule has 1 aromatic rings. The van der Waals surface area contributed by atoms with Crippen molar-refractivity contribution in [3.63, 3.8) is 0 Å². The number of carbonyl (C=O) groups excluding carboxylic acids is 1. The number of nitrogens with zero attached hydrogens (tertiary/aromatic N) is 2. The summed E-state index contributed by atoms with van der Waals surface area (Å²) in [5, 5.41) is 0. The normalized spacial score (nSPS) is 17.9. The molecule has 3 heteroatoms. The molecule has 0 bridgehead atoms. The summed E-state index contributed by atoms with van der Waals surface area (Å²) in [4.78, 5) is 18.7. The highest BCUT2D eigenvalue weighted by Gasteiger charge is 2.29. The van der Waals surface area contributed by atoms with Crippen LogP contribution in [0.2, 0.25) is 0 Å². The van der Waals surface area contributed by atoms with E-state index in [2.05, 4.69) is 22.9 Å². The summed E-state index contributed by atoms with van der Waals surface area (Å²) in [6.45, 7) is 3.16. The van der Waals surface area contributed by atoms with E-state index in [-0.39, 0.29) is 6.04 Å². The van der Waals surface area contributed by atoms with Crippen molar-refractivity contribution in [2.24, 2.45) is 0 Å². The average molecular weight is 302 g/mol. The van der Waals surface area contributed by atoms with Crippen LogP contribution >= 0.6 is 0 Å². The van der Waals surface area contributed by atoms with Crippen LogP contribution in [0.1, 0.15) is 82.7 Å². The zero-order valence-corrected chi connectivity index (χ0v) is 14.0. The van der Waals surface area contributed by atoms with Crippen molar-refractivity contribution in [1.29, 1.82) is 0 Å². The molecule has 1 fully saturated rings. The van der Waals surface area contributed by atoms with Crippen molar-refractivity contribution in [2.75, 3.05) is 6.54 Å². The van der Waals surface area contributed by atoms with Crippen LogP contribution in [-0.4, -0.2) is 22.3 Å². The molecule has 1 aliphatic rings.